The van der Waals surface area contributed by atoms with E-state index in [9.17, 15) is 0 Å². The van der Waals surface area contributed by atoms with Gasteiger partial charge in [0, 0.05) is 12.0 Å². The maximum absolute atomic E-state index is 7.61. The van der Waals surface area contributed by atoms with Crippen LogP contribution >= 0.6 is 0 Å². The third kappa shape index (κ3) is 9.09. The SMILES string of the molecule is CCC(CC)(CCCOC(C)(C)C1=CC[C@H]2C3=CC=C4CC(O[Si](C)(C)C(C)(C)C)CC(O[Si](C)(C)C(C)(C)C)[C@]4(C)[C@H]3CC[C@]12C)O[Si](CC)(CC)CC. The average molecular weight is 816 g/mol. The maximum atomic E-state index is 7.61. The molecule has 0 bridgehead atoms. The standard InChI is InChI=1S/C48H90O4Si3/c1-20-48(21-2,52-55(22-3,23-4)24-5)31-25-33-49-45(12,13)41-29-28-39-38-27-26-36-34-37(50-53(16,17)43(6,7)8)35-42(51-54(18,19)44(9,10)11)47(36,15)40(38)30-32-46(39,41)14/h26-27,29,37,39-40,42H,20-25,28,30-35H2,1-19H3/t37?,39-,40-,42?,46-,47-/m0/s1. The van der Waals surface area contributed by atoms with Crippen LogP contribution in [0, 0.1) is 22.7 Å². The minimum Gasteiger partial charge on any atom is -0.414 e. The fraction of sp³-hybridized carbons (Fsp3) is 0.875. The van der Waals surface area contributed by atoms with Gasteiger partial charge < -0.3 is 18.0 Å². The molecule has 0 radical (unpaired) electrons. The van der Waals surface area contributed by atoms with Crippen molar-refractivity contribution in [3.05, 3.63) is 34.9 Å². The van der Waals surface area contributed by atoms with Gasteiger partial charge in [0.25, 0.3) is 0 Å². The Bertz CT molecular complexity index is 1410. The van der Waals surface area contributed by atoms with Gasteiger partial charge >= 0.3 is 0 Å². The summed E-state index contributed by atoms with van der Waals surface area (Å²) in [7, 11) is -5.67. The van der Waals surface area contributed by atoms with Crippen molar-refractivity contribution in [3.8, 4) is 0 Å². The van der Waals surface area contributed by atoms with Crippen LogP contribution in [-0.2, 0) is 18.0 Å². The van der Waals surface area contributed by atoms with Crippen molar-refractivity contribution < 1.29 is 18.0 Å². The Kier molecular flexibility index (Phi) is 14.3. The van der Waals surface area contributed by atoms with Gasteiger partial charge in [-0.15, -0.1) is 0 Å². The van der Waals surface area contributed by atoms with Crippen LogP contribution in [0.2, 0.25) is 54.4 Å². The van der Waals surface area contributed by atoms with E-state index in [1.165, 1.54) is 36.5 Å². The maximum Gasteiger partial charge on any atom is 0.192 e. The minimum absolute atomic E-state index is 0.0100. The van der Waals surface area contributed by atoms with Crippen LogP contribution in [0.15, 0.2) is 34.9 Å². The van der Waals surface area contributed by atoms with Crippen LogP contribution in [0.5, 0.6) is 0 Å². The molecule has 7 heteroatoms. The van der Waals surface area contributed by atoms with E-state index in [4.69, 9.17) is 18.0 Å². The molecule has 0 aromatic carbocycles. The second kappa shape index (κ2) is 16.6. The van der Waals surface area contributed by atoms with E-state index in [1.54, 1.807) is 11.1 Å². The van der Waals surface area contributed by atoms with E-state index in [1.807, 2.05) is 0 Å². The molecule has 0 amide bonds. The van der Waals surface area contributed by atoms with Crippen LogP contribution in [0.4, 0.5) is 0 Å². The second-order valence-electron chi connectivity index (χ2n) is 22.6. The average Bonchev–Trinajstić information content (AvgIpc) is 3.46. The third-order valence-corrected chi connectivity index (χ3v) is 31.0. The van der Waals surface area contributed by atoms with Crippen LogP contribution in [0.3, 0.4) is 0 Å². The van der Waals surface area contributed by atoms with Gasteiger partial charge in [-0.25, -0.2) is 0 Å². The molecule has 4 aliphatic rings. The first kappa shape index (κ1) is 47.4. The fourth-order valence-electron chi connectivity index (χ4n) is 10.9. The van der Waals surface area contributed by atoms with Gasteiger partial charge in [0.05, 0.1) is 23.4 Å². The summed E-state index contributed by atoms with van der Waals surface area (Å²) in [6, 6.07) is 3.63. The topological polar surface area (TPSA) is 36.9 Å². The van der Waals surface area contributed by atoms with Gasteiger partial charge in [0.15, 0.2) is 25.0 Å². The van der Waals surface area contributed by atoms with Crippen molar-refractivity contribution in [2.24, 2.45) is 22.7 Å². The lowest BCUT2D eigenvalue weighted by Gasteiger charge is -2.59. The minimum atomic E-state index is -2.05. The first-order chi connectivity index (χ1) is 25.2. The zero-order valence-electron chi connectivity index (χ0n) is 39.9. The molecule has 318 valence electrons. The smallest absolute Gasteiger partial charge is 0.192 e. The number of allylic oxidation sites excluding steroid dienone is 4. The van der Waals surface area contributed by atoms with Gasteiger partial charge in [-0.1, -0.05) is 119 Å². The Morgan fingerprint density at radius 1 is 0.764 bits per heavy atom. The van der Waals surface area contributed by atoms with Crippen molar-refractivity contribution in [2.75, 3.05) is 6.61 Å². The lowest BCUT2D eigenvalue weighted by atomic mass is 9.49. The van der Waals surface area contributed by atoms with E-state index >= 15 is 0 Å². The van der Waals surface area contributed by atoms with Gasteiger partial charge in [-0.2, -0.15) is 0 Å². The first-order valence-electron chi connectivity index (χ1n) is 23.0. The highest BCUT2D eigenvalue weighted by atomic mass is 28.4. The summed E-state index contributed by atoms with van der Waals surface area (Å²) in [5.74, 6) is 1.03. The summed E-state index contributed by atoms with van der Waals surface area (Å²) in [6.45, 7) is 46.5. The molecule has 4 aliphatic carbocycles. The lowest BCUT2D eigenvalue weighted by Crippen LogP contribution is -2.58. The zero-order chi connectivity index (χ0) is 41.7. The molecule has 4 nitrogen and oxygen atoms in total. The molecule has 55 heavy (non-hydrogen) atoms. The molecule has 2 unspecified atom stereocenters. The normalized spacial score (nSPS) is 29.6. The Morgan fingerprint density at radius 3 is 1.85 bits per heavy atom. The number of hydrogen-bond donors (Lipinski definition) is 0. The second-order valence-corrected chi connectivity index (χ2v) is 36.8. The van der Waals surface area contributed by atoms with E-state index < -0.39 is 25.0 Å². The molecule has 6 atom stereocenters. The largest absolute Gasteiger partial charge is 0.414 e. The highest BCUT2D eigenvalue weighted by Gasteiger charge is 2.60. The Hall–Kier alpha value is -0.289. The summed E-state index contributed by atoms with van der Waals surface area (Å²) in [5, 5.41) is 0.343. The van der Waals surface area contributed by atoms with Crippen LogP contribution in [-0.4, -0.2) is 55.0 Å². The highest BCUT2D eigenvalue weighted by molar-refractivity contribution is 6.74. The predicted octanol–water partition coefficient (Wildman–Crippen LogP) is 15.0. The first-order valence-corrected chi connectivity index (χ1v) is 31.3. The van der Waals surface area contributed by atoms with Crippen molar-refractivity contribution in [2.45, 2.75) is 239 Å². The summed E-state index contributed by atoms with van der Waals surface area (Å²) >= 11 is 0. The summed E-state index contributed by atoms with van der Waals surface area (Å²) in [5.41, 5.74) is 4.59. The molecule has 0 aromatic heterocycles. The number of hydrogen-bond acceptors (Lipinski definition) is 4. The van der Waals surface area contributed by atoms with Crippen LogP contribution in [0.1, 0.15) is 162 Å². The number of ether oxygens (including phenoxy) is 1. The van der Waals surface area contributed by atoms with Crippen molar-refractivity contribution >= 4 is 25.0 Å². The molecule has 0 heterocycles. The van der Waals surface area contributed by atoms with Crippen LogP contribution in [0.25, 0.3) is 0 Å². The Morgan fingerprint density at radius 2 is 1.33 bits per heavy atom. The van der Waals surface area contributed by atoms with E-state index in [-0.39, 0.29) is 44.3 Å². The molecule has 0 saturated heterocycles. The summed E-state index contributed by atoms with van der Waals surface area (Å²) in [4.78, 5) is 0. The predicted molar refractivity (Wildman–Crippen MR) is 246 cm³/mol. The van der Waals surface area contributed by atoms with E-state index in [0.29, 0.717) is 11.8 Å². The molecule has 2 fully saturated rings. The van der Waals surface area contributed by atoms with Crippen LogP contribution < -0.4 is 0 Å². The highest BCUT2D eigenvalue weighted by Crippen LogP contribution is 2.66. The summed E-state index contributed by atoms with van der Waals surface area (Å²) in [6.07, 6.45) is 18.0. The Labute approximate surface area is 345 Å². The molecule has 4 rings (SSSR count). The molecular formula is C48H90O4Si3. The van der Waals surface area contributed by atoms with Crippen molar-refractivity contribution in [1.82, 2.24) is 0 Å². The third-order valence-electron chi connectivity index (χ3n) is 17.2. The summed E-state index contributed by atoms with van der Waals surface area (Å²) < 4.78 is 29.0. The lowest BCUT2D eigenvalue weighted by molar-refractivity contribution is -0.0464. The molecule has 0 aromatic rings. The Balaban J connectivity index is 1.57. The molecular weight excluding hydrogens is 725 g/mol. The van der Waals surface area contributed by atoms with Gasteiger partial charge in [0.2, 0.25) is 0 Å². The van der Waals surface area contributed by atoms with Gasteiger partial charge in [0.1, 0.15) is 0 Å². The van der Waals surface area contributed by atoms with Crippen molar-refractivity contribution in [1.29, 1.82) is 0 Å². The molecule has 0 spiro atoms. The monoisotopic (exact) mass is 815 g/mol. The number of fused-ring (bicyclic) bond motifs is 5. The van der Waals surface area contributed by atoms with Crippen molar-refractivity contribution in [3.63, 3.8) is 0 Å². The quantitative estimate of drug-likeness (QED) is 0.0833. The molecule has 0 N–H and O–H groups in total. The molecule has 0 aliphatic heterocycles. The molecule has 2 saturated carbocycles. The van der Waals surface area contributed by atoms with Gasteiger partial charge in [-0.3, -0.25) is 0 Å². The number of rotatable bonds is 17. The van der Waals surface area contributed by atoms with Gasteiger partial charge in [-0.05, 0) is 149 Å². The van der Waals surface area contributed by atoms with E-state index in [0.717, 1.165) is 51.6 Å². The zero-order valence-corrected chi connectivity index (χ0v) is 42.9. The fourth-order valence-corrected chi connectivity index (χ4v) is 17.0. The van der Waals surface area contributed by atoms with E-state index in [2.05, 4.69) is 148 Å².